The largest absolute Gasteiger partial charge is 0.481 e. The Balaban J connectivity index is 2.31. The number of sulfonamides is 1. The molecule has 0 saturated carbocycles. The summed E-state index contributed by atoms with van der Waals surface area (Å²) in [7, 11) is -3.80. The van der Waals surface area contributed by atoms with Gasteiger partial charge in [-0.05, 0) is 37.5 Å². The molecule has 0 unspecified atom stereocenters. The van der Waals surface area contributed by atoms with Crippen LogP contribution < -0.4 is 4.72 Å². The van der Waals surface area contributed by atoms with Gasteiger partial charge in [-0.3, -0.25) is 4.79 Å². The van der Waals surface area contributed by atoms with Crippen LogP contribution in [0, 0.1) is 12.8 Å². The van der Waals surface area contributed by atoms with E-state index in [9.17, 15) is 18.3 Å². The highest BCUT2D eigenvalue weighted by Crippen LogP contribution is 2.18. The van der Waals surface area contributed by atoms with E-state index in [1.54, 1.807) is 19.1 Å². The van der Waals surface area contributed by atoms with Gasteiger partial charge in [-0.1, -0.05) is 55.0 Å². The molecule has 0 saturated heterocycles. The van der Waals surface area contributed by atoms with Crippen molar-refractivity contribution in [2.24, 2.45) is 5.92 Å². The van der Waals surface area contributed by atoms with E-state index in [4.69, 9.17) is 0 Å². The van der Waals surface area contributed by atoms with Crippen LogP contribution in [0.1, 0.15) is 24.5 Å². The van der Waals surface area contributed by atoms with Gasteiger partial charge in [0.1, 0.15) is 0 Å². The molecule has 0 fully saturated rings. The lowest BCUT2D eigenvalue weighted by Crippen LogP contribution is -2.44. The van der Waals surface area contributed by atoms with Gasteiger partial charge in [0.15, 0.2) is 0 Å². The van der Waals surface area contributed by atoms with Gasteiger partial charge in [-0.15, -0.1) is 0 Å². The second-order valence-corrected chi connectivity index (χ2v) is 7.80. The average molecular weight is 361 g/mol. The van der Waals surface area contributed by atoms with Crippen molar-refractivity contribution in [2.45, 2.75) is 37.6 Å². The summed E-state index contributed by atoms with van der Waals surface area (Å²) >= 11 is 0. The quantitative estimate of drug-likeness (QED) is 0.757. The van der Waals surface area contributed by atoms with Crippen LogP contribution >= 0.6 is 0 Å². The normalized spacial score (nSPS) is 14.0. The van der Waals surface area contributed by atoms with Gasteiger partial charge < -0.3 is 5.11 Å². The molecule has 6 heteroatoms. The number of hydrogen-bond acceptors (Lipinski definition) is 3. The summed E-state index contributed by atoms with van der Waals surface area (Å²) < 4.78 is 28.0. The molecule has 0 aliphatic heterocycles. The third kappa shape index (κ3) is 5.14. The summed E-state index contributed by atoms with van der Waals surface area (Å²) in [4.78, 5) is 11.7. The predicted molar refractivity (Wildman–Crippen MR) is 96.9 cm³/mol. The smallest absolute Gasteiger partial charge is 0.308 e. The zero-order chi connectivity index (χ0) is 18.4. The maximum Gasteiger partial charge on any atom is 0.308 e. The first-order valence-corrected chi connectivity index (χ1v) is 9.67. The summed E-state index contributed by atoms with van der Waals surface area (Å²) in [6, 6.07) is 15.1. The van der Waals surface area contributed by atoms with Crippen molar-refractivity contribution < 1.29 is 18.3 Å². The molecule has 2 aromatic carbocycles. The van der Waals surface area contributed by atoms with Crippen LogP contribution in [0.3, 0.4) is 0 Å². The molecule has 0 amide bonds. The summed E-state index contributed by atoms with van der Waals surface area (Å²) in [5.74, 6) is -1.81. The van der Waals surface area contributed by atoms with Crippen LogP contribution in [0.5, 0.6) is 0 Å². The second-order valence-electron chi connectivity index (χ2n) is 6.08. The number of nitrogens with one attached hydrogen (secondary N) is 1. The highest BCUT2D eigenvalue weighted by Gasteiger charge is 2.31. The van der Waals surface area contributed by atoms with E-state index in [1.165, 1.54) is 12.1 Å². The Morgan fingerprint density at radius 2 is 1.68 bits per heavy atom. The lowest BCUT2D eigenvalue weighted by molar-refractivity contribution is -0.142. The summed E-state index contributed by atoms with van der Waals surface area (Å²) in [5.41, 5.74) is 1.84. The van der Waals surface area contributed by atoms with Crippen LogP contribution in [0.2, 0.25) is 0 Å². The zero-order valence-corrected chi connectivity index (χ0v) is 15.2. The van der Waals surface area contributed by atoms with E-state index in [0.29, 0.717) is 12.8 Å². The Morgan fingerprint density at radius 1 is 1.08 bits per heavy atom. The molecular weight excluding hydrogens is 338 g/mol. The Hall–Kier alpha value is -2.18. The number of rotatable bonds is 8. The lowest BCUT2D eigenvalue weighted by atomic mass is 9.92. The van der Waals surface area contributed by atoms with Crippen molar-refractivity contribution in [2.75, 3.05) is 0 Å². The Kier molecular flexibility index (Phi) is 6.33. The van der Waals surface area contributed by atoms with E-state index < -0.39 is 28.0 Å². The van der Waals surface area contributed by atoms with Crippen molar-refractivity contribution in [3.8, 4) is 0 Å². The maximum atomic E-state index is 12.7. The number of carboxylic acids is 1. The van der Waals surface area contributed by atoms with E-state index in [1.807, 2.05) is 37.3 Å². The number of hydrogen-bond donors (Lipinski definition) is 2. The number of aryl methyl sites for hydroxylation is 1. The SMILES string of the molecule is CC[C@@H](C(=O)O)[C@@H](Cc1ccccc1)NS(=O)(=O)c1ccc(C)cc1. The Bertz CT molecular complexity index is 801. The predicted octanol–water partition coefficient (Wildman–Crippen LogP) is 3.00. The van der Waals surface area contributed by atoms with Crippen molar-refractivity contribution >= 4 is 16.0 Å². The molecule has 0 aromatic heterocycles. The number of carboxylic acid groups (broad SMARTS) is 1. The average Bonchev–Trinajstić information content (AvgIpc) is 2.56. The lowest BCUT2D eigenvalue weighted by Gasteiger charge is -2.24. The van der Waals surface area contributed by atoms with E-state index in [0.717, 1.165) is 11.1 Å². The second kappa shape index (κ2) is 8.27. The van der Waals surface area contributed by atoms with Crippen molar-refractivity contribution in [1.29, 1.82) is 0 Å². The van der Waals surface area contributed by atoms with Crippen molar-refractivity contribution in [3.05, 3.63) is 65.7 Å². The monoisotopic (exact) mass is 361 g/mol. The first-order chi connectivity index (χ1) is 11.8. The molecule has 0 heterocycles. The van der Waals surface area contributed by atoms with Gasteiger partial charge in [-0.25, -0.2) is 13.1 Å². The van der Waals surface area contributed by atoms with E-state index >= 15 is 0 Å². The minimum absolute atomic E-state index is 0.136. The third-order valence-corrected chi connectivity index (χ3v) is 5.68. The highest BCUT2D eigenvalue weighted by molar-refractivity contribution is 7.89. The maximum absolute atomic E-state index is 12.7. The summed E-state index contributed by atoms with van der Waals surface area (Å²) in [6.07, 6.45) is 0.653. The fourth-order valence-electron chi connectivity index (χ4n) is 2.75. The molecule has 0 radical (unpaired) electrons. The van der Waals surface area contributed by atoms with Crippen LogP contribution in [-0.2, 0) is 21.2 Å². The molecule has 2 aromatic rings. The number of carbonyl (C=O) groups is 1. The summed E-state index contributed by atoms with van der Waals surface area (Å²) in [6.45, 7) is 3.62. The molecule has 5 nitrogen and oxygen atoms in total. The first kappa shape index (κ1) is 19.1. The summed E-state index contributed by atoms with van der Waals surface area (Å²) in [5, 5.41) is 9.49. The van der Waals surface area contributed by atoms with Gasteiger partial charge in [0.2, 0.25) is 10.0 Å². The van der Waals surface area contributed by atoms with E-state index in [2.05, 4.69) is 4.72 Å². The topological polar surface area (TPSA) is 83.5 Å². The van der Waals surface area contributed by atoms with Gasteiger partial charge in [-0.2, -0.15) is 0 Å². The molecule has 2 rings (SSSR count). The molecule has 0 aliphatic rings. The van der Waals surface area contributed by atoms with Crippen molar-refractivity contribution in [3.63, 3.8) is 0 Å². The third-order valence-electron chi connectivity index (χ3n) is 4.18. The van der Waals surface area contributed by atoms with Gasteiger partial charge in [0, 0.05) is 6.04 Å². The minimum atomic E-state index is -3.80. The molecule has 0 spiro atoms. The zero-order valence-electron chi connectivity index (χ0n) is 14.3. The van der Waals surface area contributed by atoms with Gasteiger partial charge in [0.25, 0.3) is 0 Å². The Labute approximate surface area is 148 Å². The van der Waals surface area contributed by atoms with E-state index in [-0.39, 0.29) is 4.90 Å². The van der Waals surface area contributed by atoms with Crippen LogP contribution in [0.4, 0.5) is 0 Å². The molecule has 134 valence electrons. The number of benzene rings is 2. The van der Waals surface area contributed by atoms with Gasteiger partial charge in [0.05, 0.1) is 10.8 Å². The molecule has 2 atom stereocenters. The molecule has 0 aliphatic carbocycles. The first-order valence-electron chi connectivity index (χ1n) is 8.19. The fourth-order valence-corrected chi connectivity index (χ4v) is 4.03. The van der Waals surface area contributed by atoms with Crippen LogP contribution in [0.25, 0.3) is 0 Å². The van der Waals surface area contributed by atoms with Crippen molar-refractivity contribution in [1.82, 2.24) is 4.72 Å². The van der Waals surface area contributed by atoms with Crippen LogP contribution in [0.15, 0.2) is 59.5 Å². The molecule has 25 heavy (non-hydrogen) atoms. The number of aliphatic carboxylic acids is 1. The van der Waals surface area contributed by atoms with Crippen LogP contribution in [-0.4, -0.2) is 25.5 Å². The van der Waals surface area contributed by atoms with Gasteiger partial charge >= 0.3 is 5.97 Å². The minimum Gasteiger partial charge on any atom is -0.481 e. The standard InChI is InChI=1S/C19H23NO4S/c1-3-17(19(21)22)18(13-15-7-5-4-6-8-15)20-25(23,24)16-11-9-14(2)10-12-16/h4-12,17-18,20H,3,13H2,1-2H3,(H,21,22)/t17-,18-/m1/s1. The molecule has 2 N–H and O–H groups in total. The molecular formula is C19H23NO4S. The Morgan fingerprint density at radius 3 is 2.20 bits per heavy atom. The molecule has 0 bridgehead atoms. The fraction of sp³-hybridized carbons (Fsp3) is 0.316. The highest BCUT2D eigenvalue weighted by atomic mass is 32.2.